The van der Waals surface area contributed by atoms with Gasteiger partial charge in [-0.3, -0.25) is 4.79 Å². The molecule has 0 saturated carbocycles. The third-order valence-corrected chi connectivity index (χ3v) is 0.813. The zero-order valence-electron chi connectivity index (χ0n) is 8.42. The maximum Gasteiger partial charge on any atom is 0.221 e. The average molecular weight is 183 g/mol. The van der Waals surface area contributed by atoms with Gasteiger partial charge < -0.3 is 10.4 Å². The van der Waals surface area contributed by atoms with Crippen LogP contribution in [0.1, 0.15) is 20.8 Å². The van der Waals surface area contributed by atoms with Crippen molar-refractivity contribution in [3.8, 4) is 0 Å². The van der Waals surface area contributed by atoms with E-state index in [2.05, 4.69) is 18.5 Å². The molecular weight excluding hydrogens is 166 g/mol. The molecule has 13 heavy (non-hydrogen) atoms. The van der Waals surface area contributed by atoms with Crippen LogP contribution in [0.15, 0.2) is 36.8 Å². The van der Waals surface area contributed by atoms with Crippen LogP contribution in [0.4, 0.5) is 0 Å². The standard InChI is InChI=1S/C8H11NO2.C2H6/c1-6(9-8(3)11)4-5-7(2)10;1-2/h4-5,10H,1-2H2,3H3,(H,9,11);1-2H3/b5-4-;. The van der Waals surface area contributed by atoms with Crippen LogP contribution < -0.4 is 5.32 Å². The van der Waals surface area contributed by atoms with Gasteiger partial charge in [0.15, 0.2) is 0 Å². The van der Waals surface area contributed by atoms with Crippen LogP contribution >= 0.6 is 0 Å². The summed E-state index contributed by atoms with van der Waals surface area (Å²) >= 11 is 0. The van der Waals surface area contributed by atoms with Crippen molar-refractivity contribution in [2.45, 2.75) is 20.8 Å². The largest absolute Gasteiger partial charge is 0.509 e. The molecule has 0 spiro atoms. The van der Waals surface area contributed by atoms with E-state index in [1.165, 1.54) is 19.1 Å². The minimum Gasteiger partial charge on any atom is -0.509 e. The minimum absolute atomic E-state index is 0.0727. The molecule has 0 bridgehead atoms. The van der Waals surface area contributed by atoms with E-state index in [1.54, 1.807) is 0 Å². The zero-order valence-corrected chi connectivity index (χ0v) is 8.42. The molecule has 3 nitrogen and oxygen atoms in total. The van der Waals surface area contributed by atoms with Crippen molar-refractivity contribution in [3.05, 3.63) is 36.8 Å². The minimum atomic E-state index is -0.191. The maximum atomic E-state index is 10.4. The molecule has 0 aromatic rings. The monoisotopic (exact) mass is 183 g/mol. The van der Waals surface area contributed by atoms with E-state index in [9.17, 15) is 4.79 Å². The molecule has 74 valence electrons. The Morgan fingerprint density at radius 1 is 1.31 bits per heavy atom. The summed E-state index contributed by atoms with van der Waals surface area (Å²) in [4.78, 5) is 10.4. The van der Waals surface area contributed by atoms with Gasteiger partial charge >= 0.3 is 0 Å². The van der Waals surface area contributed by atoms with Crippen LogP contribution in [0, 0.1) is 0 Å². The molecule has 0 heterocycles. The Kier molecular flexibility index (Phi) is 9.27. The van der Waals surface area contributed by atoms with Crippen molar-refractivity contribution >= 4 is 5.91 Å². The van der Waals surface area contributed by atoms with Gasteiger partial charge in [0.2, 0.25) is 5.91 Å². The summed E-state index contributed by atoms with van der Waals surface area (Å²) < 4.78 is 0. The number of aliphatic hydroxyl groups excluding tert-OH is 1. The zero-order chi connectivity index (χ0) is 10.9. The van der Waals surface area contributed by atoms with Crippen molar-refractivity contribution in [2.24, 2.45) is 0 Å². The SMILES string of the molecule is C=C(O)/C=C\C(=C)NC(C)=O.CC. The molecule has 1 amide bonds. The van der Waals surface area contributed by atoms with Crippen molar-refractivity contribution in [1.29, 1.82) is 0 Å². The Morgan fingerprint density at radius 3 is 2.08 bits per heavy atom. The van der Waals surface area contributed by atoms with Crippen LogP contribution in [0.5, 0.6) is 0 Å². The summed E-state index contributed by atoms with van der Waals surface area (Å²) in [6.07, 6.45) is 2.81. The highest BCUT2D eigenvalue weighted by Gasteiger charge is 1.89. The van der Waals surface area contributed by atoms with E-state index >= 15 is 0 Å². The molecule has 0 rings (SSSR count). The third-order valence-electron chi connectivity index (χ3n) is 0.813. The van der Waals surface area contributed by atoms with Crippen LogP contribution in [-0.2, 0) is 4.79 Å². The summed E-state index contributed by atoms with van der Waals surface area (Å²) in [5.41, 5.74) is 0.424. The number of allylic oxidation sites excluding steroid dienone is 2. The molecule has 0 unspecified atom stereocenters. The van der Waals surface area contributed by atoms with Crippen molar-refractivity contribution in [1.82, 2.24) is 5.32 Å². The van der Waals surface area contributed by atoms with Gasteiger partial charge in [0.05, 0.1) is 0 Å². The summed E-state index contributed by atoms with van der Waals surface area (Å²) in [5, 5.41) is 11.0. The lowest BCUT2D eigenvalue weighted by molar-refractivity contribution is -0.118. The molecule has 0 aliphatic rings. The Labute approximate surface area is 79.5 Å². The fraction of sp³-hybridized carbons (Fsp3) is 0.300. The quantitative estimate of drug-likeness (QED) is 0.521. The summed E-state index contributed by atoms with van der Waals surface area (Å²) in [6.45, 7) is 12.1. The van der Waals surface area contributed by atoms with E-state index in [4.69, 9.17) is 5.11 Å². The van der Waals surface area contributed by atoms with E-state index < -0.39 is 0 Å². The molecule has 0 aliphatic heterocycles. The first-order valence-electron chi connectivity index (χ1n) is 4.05. The van der Waals surface area contributed by atoms with Gasteiger partial charge in [-0.1, -0.05) is 27.0 Å². The first-order valence-corrected chi connectivity index (χ1v) is 4.05. The second-order valence-electron chi connectivity index (χ2n) is 2.03. The predicted molar refractivity (Wildman–Crippen MR) is 55.2 cm³/mol. The van der Waals surface area contributed by atoms with Crippen molar-refractivity contribution < 1.29 is 9.90 Å². The van der Waals surface area contributed by atoms with Crippen molar-refractivity contribution in [3.63, 3.8) is 0 Å². The Morgan fingerprint density at radius 2 is 1.77 bits per heavy atom. The van der Waals surface area contributed by atoms with Crippen LogP contribution in [0.25, 0.3) is 0 Å². The first-order chi connectivity index (χ1) is 6.02. The smallest absolute Gasteiger partial charge is 0.221 e. The lowest BCUT2D eigenvalue weighted by Gasteiger charge is -1.97. The van der Waals surface area contributed by atoms with Gasteiger partial charge in [0.1, 0.15) is 5.76 Å². The second-order valence-corrected chi connectivity index (χ2v) is 2.03. The topological polar surface area (TPSA) is 49.3 Å². The lowest BCUT2D eigenvalue weighted by Crippen LogP contribution is -2.16. The lowest BCUT2D eigenvalue weighted by atomic mass is 10.4. The number of hydrogen-bond acceptors (Lipinski definition) is 2. The van der Waals surface area contributed by atoms with Crippen molar-refractivity contribution in [2.75, 3.05) is 0 Å². The summed E-state index contributed by atoms with van der Waals surface area (Å²) in [7, 11) is 0. The van der Waals surface area contributed by atoms with Gasteiger partial charge in [-0.25, -0.2) is 0 Å². The van der Waals surface area contributed by atoms with E-state index in [0.717, 1.165) is 0 Å². The molecular formula is C10H17NO2. The fourth-order valence-electron chi connectivity index (χ4n) is 0.465. The number of nitrogens with one attached hydrogen (secondary N) is 1. The van der Waals surface area contributed by atoms with Gasteiger partial charge in [-0.15, -0.1) is 0 Å². The van der Waals surface area contributed by atoms with Gasteiger partial charge in [-0.2, -0.15) is 0 Å². The summed E-state index contributed by atoms with van der Waals surface area (Å²) in [5.74, 6) is -0.264. The molecule has 0 atom stereocenters. The van der Waals surface area contributed by atoms with Crippen LogP contribution in [0.3, 0.4) is 0 Å². The number of carbonyl (C=O) groups excluding carboxylic acids is 1. The normalized spacial score (nSPS) is 8.54. The third kappa shape index (κ3) is 13.5. The summed E-state index contributed by atoms with van der Waals surface area (Å²) in [6, 6.07) is 0. The number of rotatable bonds is 3. The fourth-order valence-corrected chi connectivity index (χ4v) is 0.465. The maximum absolute atomic E-state index is 10.4. The number of aliphatic hydroxyl groups is 1. The molecule has 0 aromatic heterocycles. The highest BCUT2D eigenvalue weighted by molar-refractivity contribution is 5.75. The van der Waals surface area contributed by atoms with E-state index in [1.807, 2.05) is 13.8 Å². The van der Waals surface area contributed by atoms with Crippen LogP contribution in [-0.4, -0.2) is 11.0 Å². The van der Waals surface area contributed by atoms with Gasteiger partial charge in [0, 0.05) is 12.6 Å². The predicted octanol–water partition coefficient (Wildman–Crippen LogP) is 2.29. The first kappa shape index (κ1) is 14.0. The molecule has 0 saturated heterocycles. The number of amides is 1. The average Bonchev–Trinajstić information content (AvgIpc) is 2.03. The molecule has 0 radical (unpaired) electrons. The number of carbonyl (C=O) groups is 1. The molecule has 0 aromatic carbocycles. The molecule has 2 N–H and O–H groups in total. The molecule has 0 fully saturated rings. The highest BCUT2D eigenvalue weighted by atomic mass is 16.3. The Hall–Kier alpha value is -1.51. The second kappa shape index (κ2) is 8.59. The van der Waals surface area contributed by atoms with E-state index in [-0.39, 0.29) is 11.7 Å². The Balaban J connectivity index is 0. The highest BCUT2D eigenvalue weighted by Crippen LogP contribution is 1.91. The Bertz CT molecular complexity index is 217. The van der Waals surface area contributed by atoms with E-state index in [0.29, 0.717) is 5.70 Å². The van der Waals surface area contributed by atoms with Crippen LogP contribution in [0.2, 0.25) is 0 Å². The molecule has 3 heteroatoms. The van der Waals surface area contributed by atoms with Gasteiger partial charge in [-0.05, 0) is 12.2 Å². The molecule has 0 aliphatic carbocycles. The number of hydrogen-bond donors (Lipinski definition) is 2. The van der Waals surface area contributed by atoms with Gasteiger partial charge in [0.25, 0.3) is 0 Å².